The third kappa shape index (κ3) is 5.39. The van der Waals surface area contributed by atoms with E-state index in [1.807, 2.05) is 0 Å². The summed E-state index contributed by atoms with van der Waals surface area (Å²) in [5, 5.41) is 5.21. The van der Waals surface area contributed by atoms with E-state index in [-0.39, 0.29) is 21.6 Å². The maximum atomic E-state index is 12.9. The number of rotatable bonds is 6. The number of hydrogen-bond donors (Lipinski definition) is 2. The molecule has 2 amide bonds. The van der Waals surface area contributed by atoms with E-state index >= 15 is 0 Å². The summed E-state index contributed by atoms with van der Waals surface area (Å²) >= 11 is 0. The van der Waals surface area contributed by atoms with Crippen molar-refractivity contribution in [2.24, 2.45) is 0 Å². The quantitative estimate of drug-likeness (QED) is 0.745. The summed E-state index contributed by atoms with van der Waals surface area (Å²) < 4.78 is 25.8. The molecule has 6 nitrogen and oxygen atoms in total. The molecular weight excluding hydrogens is 364 g/mol. The van der Waals surface area contributed by atoms with Gasteiger partial charge in [0.05, 0.1) is 9.79 Å². The van der Waals surface area contributed by atoms with Crippen LogP contribution in [0.4, 0.5) is 11.4 Å². The number of anilines is 2. The van der Waals surface area contributed by atoms with Gasteiger partial charge in [0, 0.05) is 11.4 Å². The van der Waals surface area contributed by atoms with Crippen LogP contribution in [0.3, 0.4) is 0 Å². The largest absolute Gasteiger partial charge is 0.322 e. The number of allylic oxidation sites excluding steroid dienone is 2. The molecule has 0 atom stereocenters. The van der Waals surface area contributed by atoms with E-state index in [2.05, 4.69) is 10.6 Å². The Bertz CT molecular complexity index is 933. The van der Waals surface area contributed by atoms with Crippen LogP contribution in [0.15, 0.2) is 82.6 Å². The van der Waals surface area contributed by atoms with Crippen LogP contribution in [0.1, 0.15) is 13.8 Å². The van der Waals surface area contributed by atoms with Crippen molar-refractivity contribution in [2.75, 3.05) is 10.6 Å². The average Bonchev–Trinajstić information content (AvgIpc) is 2.62. The van der Waals surface area contributed by atoms with Gasteiger partial charge >= 0.3 is 0 Å². The summed E-state index contributed by atoms with van der Waals surface area (Å²) in [6, 6.07) is 12.0. The van der Waals surface area contributed by atoms with Crippen LogP contribution in [0.2, 0.25) is 0 Å². The Hall–Kier alpha value is -3.19. The van der Waals surface area contributed by atoms with Crippen molar-refractivity contribution in [3.8, 4) is 0 Å². The predicted molar refractivity (Wildman–Crippen MR) is 105 cm³/mol. The molecule has 0 aromatic heterocycles. The zero-order valence-electron chi connectivity index (χ0n) is 15.0. The average molecular weight is 384 g/mol. The van der Waals surface area contributed by atoms with Crippen LogP contribution in [0, 0.1) is 0 Å². The Kier molecular flexibility index (Phi) is 6.67. The van der Waals surface area contributed by atoms with Gasteiger partial charge in [-0.25, -0.2) is 8.42 Å². The first-order valence-electron chi connectivity index (χ1n) is 8.19. The van der Waals surface area contributed by atoms with Gasteiger partial charge < -0.3 is 10.6 Å². The van der Waals surface area contributed by atoms with Gasteiger partial charge in [-0.1, -0.05) is 24.3 Å². The standard InChI is InChI=1S/C20H20N2O4S/c1-3-7-19(23)21-15-9-5-11-17(13-15)27(25,26)18-12-6-10-16(14-18)22-20(24)8-4-2/h3-14H,1-2H3,(H,21,23)(H,22,24)/b7-3+,8-4+. The van der Waals surface area contributed by atoms with E-state index in [1.54, 1.807) is 50.3 Å². The minimum Gasteiger partial charge on any atom is -0.322 e. The molecule has 2 aromatic rings. The predicted octanol–water partition coefficient (Wildman–Crippen LogP) is 3.55. The maximum Gasteiger partial charge on any atom is 0.248 e. The zero-order chi connectivity index (χ0) is 19.9. The first-order valence-corrected chi connectivity index (χ1v) is 9.67. The van der Waals surface area contributed by atoms with Gasteiger partial charge in [-0.15, -0.1) is 0 Å². The molecule has 0 fully saturated rings. The first kappa shape index (κ1) is 20.1. The Morgan fingerprint density at radius 3 is 1.56 bits per heavy atom. The van der Waals surface area contributed by atoms with Crippen LogP contribution in [0.5, 0.6) is 0 Å². The van der Waals surface area contributed by atoms with Gasteiger partial charge in [0.25, 0.3) is 0 Å². The Balaban J connectivity index is 2.33. The fourth-order valence-corrected chi connectivity index (χ4v) is 3.64. The third-order valence-corrected chi connectivity index (χ3v) is 5.21. The molecule has 7 heteroatoms. The van der Waals surface area contributed by atoms with E-state index in [1.165, 1.54) is 36.4 Å². The summed E-state index contributed by atoms with van der Waals surface area (Å²) in [7, 11) is -3.82. The highest BCUT2D eigenvalue weighted by Gasteiger charge is 2.19. The molecule has 0 heterocycles. The van der Waals surface area contributed by atoms with Gasteiger partial charge in [0.2, 0.25) is 21.7 Å². The fraction of sp³-hybridized carbons (Fsp3) is 0.100. The lowest BCUT2D eigenvalue weighted by Gasteiger charge is -2.09. The first-order chi connectivity index (χ1) is 12.9. The van der Waals surface area contributed by atoms with E-state index in [0.717, 1.165) is 0 Å². The molecule has 0 saturated carbocycles. The zero-order valence-corrected chi connectivity index (χ0v) is 15.8. The highest BCUT2D eigenvalue weighted by Crippen LogP contribution is 2.25. The van der Waals surface area contributed by atoms with Gasteiger partial charge in [0.1, 0.15) is 0 Å². The second-order valence-corrected chi connectivity index (χ2v) is 7.49. The van der Waals surface area contributed by atoms with Crippen LogP contribution >= 0.6 is 0 Å². The molecule has 2 rings (SSSR count). The monoisotopic (exact) mass is 384 g/mol. The fourth-order valence-electron chi connectivity index (χ4n) is 2.29. The Labute approximate surface area is 158 Å². The topological polar surface area (TPSA) is 92.3 Å². The molecule has 0 unspecified atom stereocenters. The summed E-state index contributed by atoms with van der Waals surface area (Å²) in [5.74, 6) is -0.693. The highest BCUT2D eigenvalue weighted by atomic mass is 32.2. The van der Waals surface area contributed by atoms with Crippen molar-refractivity contribution >= 4 is 33.0 Å². The summed E-state index contributed by atoms with van der Waals surface area (Å²) in [5.41, 5.74) is 0.744. The molecule has 0 aliphatic rings. The molecule has 27 heavy (non-hydrogen) atoms. The van der Waals surface area contributed by atoms with Gasteiger partial charge in [-0.05, 0) is 62.4 Å². The smallest absolute Gasteiger partial charge is 0.248 e. The molecule has 0 saturated heterocycles. The number of sulfone groups is 1. The Morgan fingerprint density at radius 1 is 0.778 bits per heavy atom. The molecule has 2 aromatic carbocycles. The van der Waals surface area contributed by atoms with E-state index in [9.17, 15) is 18.0 Å². The number of carbonyl (C=O) groups excluding carboxylic acids is 2. The molecule has 140 valence electrons. The van der Waals surface area contributed by atoms with Crippen molar-refractivity contribution in [1.82, 2.24) is 0 Å². The molecule has 0 radical (unpaired) electrons. The van der Waals surface area contributed by atoms with E-state index in [4.69, 9.17) is 0 Å². The second kappa shape index (κ2) is 8.95. The summed E-state index contributed by atoms with van der Waals surface area (Å²) in [6.45, 7) is 3.42. The van der Waals surface area contributed by atoms with Crippen molar-refractivity contribution in [1.29, 1.82) is 0 Å². The number of carbonyl (C=O) groups is 2. The Morgan fingerprint density at radius 2 is 1.19 bits per heavy atom. The second-order valence-electron chi connectivity index (χ2n) is 5.54. The van der Waals surface area contributed by atoms with Gasteiger partial charge in [-0.2, -0.15) is 0 Å². The van der Waals surface area contributed by atoms with Crippen LogP contribution in [-0.4, -0.2) is 20.2 Å². The minimum atomic E-state index is -3.82. The lowest BCUT2D eigenvalue weighted by atomic mass is 10.3. The van der Waals surface area contributed by atoms with Crippen molar-refractivity contribution in [2.45, 2.75) is 23.6 Å². The number of amides is 2. The van der Waals surface area contributed by atoms with Crippen LogP contribution < -0.4 is 10.6 Å². The van der Waals surface area contributed by atoms with Crippen LogP contribution in [-0.2, 0) is 19.4 Å². The minimum absolute atomic E-state index is 0.0395. The highest BCUT2D eigenvalue weighted by molar-refractivity contribution is 7.91. The van der Waals surface area contributed by atoms with E-state index in [0.29, 0.717) is 11.4 Å². The van der Waals surface area contributed by atoms with Crippen molar-refractivity contribution in [3.05, 3.63) is 72.8 Å². The molecule has 2 N–H and O–H groups in total. The van der Waals surface area contributed by atoms with E-state index < -0.39 is 9.84 Å². The number of nitrogens with one attached hydrogen (secondary N) is 2. The number of hydrogen-bond acceptors (Lipinski definition) is 4. The SMILES string of the molecule is C/C=C/C(=O)Nc1cccc(S(=O)(=O)c2cccc(NC(=O)/C=C/C)c2)c1. The normalized spacial score (nSPS) is 11.6. The molecule has 0 spiro atoms. The molecule has 0 bridgehead atoms. The van der Waals surface area contributed by atoms with Gasteiger partial charge in [-0.3, -0.25) is 9.59 Å². The van der Waals surface area contributed by atoms with Crippen molar-refractivity contribution < 1.29 is 18.0 Å². The lowest BCUT2D eigenvalue weighted by Crippen LogP contribution is -2.10. The maximum absolute atomic E-state index is 12.9. The molecule has 0 aliphatic carbocycles. The van der Waals surface area contributed by atoms with Crippen molar-refractivity contribution in [3.63, 3.8) is 0 Å². The third-order valence-electron chi connectivity index (χ3n) is 3.46. The molecule has 0 aliphatic heterocycles. The summed E-state index contributed by atoms with van der Waals surface area (Å²) in [4.78, 5) is 23.4. The van der Waals surface area contributed by atoms with Gasteiger partial charge in [0.15, 0.2) is 0 Å². The lowest BCUT2D eigenvalue weighted by molar-refractivity contribution is -0.112. The molecular formula is C20H20N2O4S. The van der Waals surface area contributed by atoms with Crippen LogP contribution in [0.25, 0.3) is 0 Å². The number of benzene rings is 2. The summed E-state index contributed by atoms with van der Waals surface area (Å²) in [6.07, 6.45) is 5.86.